The lowest BCUT2D eigenvalue weighted by Crippen LogP contribution is -2.65. The Morgan fingerprint density at radius 1 is 1.20 bits per heavy atom. The van der Waals surface area contributed by atoms with Crippen LogP contribution in [0, 0.1) is 11.8 Å². The summed E-state index contributed by atoms with van der Waals surface area (Å²) in [6.45, 7) is 2.09. The molecule has 12 heteroatoms. The number of primary amides is 1. The molecular weight excluding hydrogens is 520 g/mol. The molecule has 0 bridgehead atoms. The third kappa shape index (κ3) is 4.35. The number of nitrogens with one attached hydrogen (secondary N) is 1. The van der Waals surface area contributed by atoms with E-state index >= 15 is 0 Å². The fourth-order valence-corrected chi connectivity index (χ4v) is 6.46. The molecule has 40 heavy (non-hydrogen) atoms. The highest BCUT2D eigenvalue weighted by Crippen LogP contribution is 2.54. The zero-order valence-electron chi connectivity index (χ0n) is 23.4. The first-order chi connectivity index (χ1) is 18.7. The molecule has 0 spiro atoms. The van der Waals surface area contributed by atoms with E-state index in [2.05, 4.69) is 5.32 Å². The van der Waals surface area contributed by atoms with Crippen molar-refractivity contribution in [1.29, 1.82) is 0 Å². The highest BCUT2D eigenvalue weighted by Gasteiger charge is 2.64. The van der Waals surface area contributed by atoms with Gasteiger partial charge in [-0.25, -0.2) is 0 Å². The van der Waals surface area contributed by atoms with Crippen molar-refractivity contribution < 1.29 is 39.9 Å². The van der Waals surface area contributed by atoms with Gasteiger partial charge >= 0.3 is 0 Å². The van der Waals surface area contributed by atoms with Gasteiger partial charge in [0, 0.05) is 56.0 Å². The molecule has 3 aliphatic carbocycles. The van der Waals surface area contributed by atoms with Gasteiger partial charge in [-0.15, -0.1) is 0 Å². The smallest absolute Gasteiger partial charge is 0.255 e. The molecular formula is C28H38N4O8. The lowest BCUT2D eigenvalue weighted by Gasteiger charge is -2.50. The summed E-state index contributed by atoms with van der Waals surface area (Å²) in [4.78, 5) is 42.7. The number of aromatic hydroxyl groups is 1. The number of anilines is 1. The standard InChI is InChI=1S/C28H38N4O8/c1-12(6-7-33)30-11-14-10-17(31(2)3)15-8-13-9-16-21(32(4)5)24(36)20(27(29)39)26(38)28(16,40)25(37)18(13)23(35)19(15)22(14)34/h10,12-13,16,21,30,33-35,38,40H,6-9,11H2,1-5H3,(H2,29,39)/t12?,13-,16-,21+,28-/m0/s1. The fourth-order valence-electron chi connectivity index (χ4n) is 6.46. The quantitative estimate of drug-likeness (QED) is 0.210. The lowest BCUT2D eigenvalue weighted by molar-refractivity contribution is -0.153. The molecule has 1 unspecified atom stereocenters. The number of carbonyl (C=O) groups is 3. The molecule has 3 aliphatic rings. The Labute approximate surface area is 232 Å². The van der Waals surface area contributed by atoms with Gasteiger partial charge in [0.2, 0.25) is 5.78 Å². The second kappa shape index (κ2) is 10.5. The second-order valence-corrected chi connectivity index (χ2v) is 11.4. The summed E-state index contributed by atoms with van der Waals surface area (Å²) in [6.07, 6.45) is 0.740. The van der Waals surface area contributed by atoms with E-state index in [0.717, 1.165) is 0 Å². The highest BCUT2D eigenvalue weighted by atomic mass is 16.3. The van der Waals surface area contributed by atoms with E-state index in [-0.39, 0.29) is 48.9 Å². The second-order valence-electron chi connectivity index (χ2n) is 11.4. The third-order valence-electron chi connectivity index (χ3n) is 8.46. The van der Waals surface area contributed by atoms with Crippen molar-refractivity contribution in [2.75, 3.05) is 39.7 Å². The first-order valence-electron chi connectivity index (χ1n) is 13.2. The molecule has 1 fully saturated rings. The van der Waals surface area contributed by atoms with E-state index in [0.29, 0.717) is 23.2 Å². The van der Waals surface area contributed by atoms with Gasteiger partial charge in [0.15, 0.2) is 11.4 Å². The number of ketones is 2. The number of phenols is 1. The average molecular weight is 559 g/mol. The number of phenolic OH excluding ortho intramolecular Hbond substituents is 1. The van der Waals surface area contributed by atoms with E-state index in [1.54, 1.807) is 20.2 Å². The number of benzene rings is 1. The molecule has 0 aliphatic heterocycles. The van der Waals surface area contributed by atoms with E-state index in [4.69, 9.17) is 5.73 Å². The Bertz CT molecular complexity index is 1330. The maximum Gasteiger partial charge on any atom is 0.255 e. The van der Waals surface area contributed by atoms with Crippen LogP contribution in [0.4, 0.5) is 5.69 Å². The number of amides is 1. The van der Waals surface area contributed by atoms with Gasteiger partial charge < -0.3 is 41.5 Å². The lowest BCUT2D eigenvalue weighted by atomic mass is 9.57. The number of Topliss-reactive ketones (excluding diaryl/α,β-unsaturated/α-hetero) is 2. The van der Waals surface area contributed by atoms with Gasteiger partial charge in [-0.05, 0) is 57.8 Å². The van der Waals surface area contributed by atoms with Gasteiger partial charge in [0.05, 0.1) is 11.6 Å². The fraction of sp³-hybridized carbons (Fsp3) is 0.536. The molecule has 1 aromatic carbocycles. The number of aliphatic hydroxyl groups is 4. The van der Waals surface area contributed by atoms with Crippen molar-refractivity contribution >= 4 is 28.9 Å². The van der Waals surface area contributed by atoms with Crippen molar-refractivity contribution in [3.05, 3.63) is 39.7 Å². The Kier molecular flexibility index (Phi) is 7.76. The molecule has 1 aromatic rings. The van der Waals surface area contributed by atoms with Crippen LogP contribution in [-0.2, 0) is 27.3 Å². The Morgan fingerprint density at radius 2 is 1.85 bits per heavy atom. The number of nitrogens with two attached hydrogens (primary N) is 1. The van der Waals surface area contributed by atoms with Crippen molar-refractivity contribution in [1.82, 2.24) is 10.2 Å². The molecule has 0 aromatic heterocycles. The Morgan fingerprint density at radius 3 is 2.40 bits per heavy atom. The van der Waals surface area contributed by atoms with E-state index in [1.807, 2.05) is 25.9 Å². The predicted molar refractivity (Wildman–Crippen MR) is 147 cm³/mol. The maximum absolute atomic E-state index is 14.0. The van der Waals surface area contributed by atoms with Gasteiger partial charge in [-0.2, -0.15) is 0 Å². The van der Waals surface area contributed by atoms with Crippen LogP contribution in [-0.4, -0.2) is 100 Å². The van der Waals surface area contributed by atoms with E-state index in [9.17, 15) is 39.9 Å². The topological polar surface area (TPSA) is 197 Å². The molecule has 218 valence electrons. The van der Waals surface area contributed by atoms with Crippen molar-refractivity contribution in [2.45, 2.75) is 50.4 Å². The van der Waals surface area contributed by atoms with Gasteiger partial charge in [0.1, 0.15) is 22.8 Å². The molecule has 12 nitrogen and oxygen atoms in total. The molecule has 1 amide bonds. The highest BCUT2D eigenvalue weighted by molar-refractivity contribution is 6.24. The summed E-state index contributed by atoms with van der Waals surface area (Å²) in [7, 11) is 6.75. The van der Waals surface area contributed by atoms with Gasteiger partial charge in [-0.1, -0.05) is 0 Å². The first kappa shape index (κ1) is 29.5. The minimum Gasteiger partial charge on any atom is -0.508 e. The summed E-state index contributed by atoms with van der Waals surface area (Å²) < 4.78 is 0. The Hall–Kier alpha value is -3.45. The Balaban J connectivity index is 1.91. The van der Waals surface area contributed by atoms with E-state index < -0.39 is 58.0 Å². The van der Waals surface area contributed by atoms with Gasteiger partial charge in [-0.3, -0.25) is 19.3 Å². The van der Waals surface area contributed by atoms with Crippen LogP contribution in [0.5, 0.6) is 5.75 Å². The summed E-state index contributed by atoms with van der Waals surface area (Å²) in [5.41, 5.74) is 3.47. The van der Waals surface area contributed by atoms with E-state index in [1.165, 1.54) is 4.90 Å². The molecule has 4 rings (SSSR count). The van der Waals surface area contributed by atoms with Gasteiger partial charge in [0.25, 0.3) is 5.91 Å². The number of hydrogen-bond donors (Lipinski definition) is 7. The monoisotopic (exact) mass is 558 g/mol. The molecule has 5 atom stereocenters. The SMILES string of the molecule is CC(CCO)NCc1cc(N(C)C)c2c(c1O)C(O)=C1C(=O)[C@]3(O)C(O)=C(C(N)=O)C(=O)[C@H](N(C)C)[C@@H]3C[C@@H]1C2. The summed E-state index contributed by atoms with van der Waals surface area (Å²) >= 11 is 0. The van der Waals surface area contributed by atoms with Crippen LogP contribution >= 0.6 is 0 Å². The minimum atomic E-state index is -2.68. The van der Waals surface area contributed by atoms with Crippen LogP contribution in [0.3, 0.4) is 0 Å². The number of carbonyl (C=O) groups excluding carboxylic acids is 3. The van der Waals surface area contributed by atoms with Crippen molar-refractivity contribution in [2.24, 2.45) is 17.6 Å². The van der Waals surface area contributed by atoms with Crippen molar-refractivity contribution in [3.8, 4) is 5.75 Å². The van der Waals surface area contributed by atoms with Crippen LogP contribution in [0.15, 0.2) is 23.0 Å². The third-order valence-corrected chi connectivity index (χ3v) is 8.46. The maximum atomic E-state index is 14.0. The van der Waals surface area contributed by atoms with Crippen molar-refractivity contribution in [3.63, 3.8) is 0 Å². The molecule has 0 saturated heterocycles. The van der Waals surface area contributed by atoms with Crippen LogP contribution in [0.2, 0.25) is 0 Å². The number of hydrogen-bond acceptors (Lipinski definition) is 11. The first-order valence-corrected chi connectivity index (χ1v) is 13.2. The van der Waals surface area contributed by atoms with Crippen LogP contribution in [0.1, 0.15) is 36.5 Å². The van der Waals surface area contributed by atoms with Crippen LogP contribution < -0.4 is 16.0 Å². The van der Waals surface area contributed by atoms with Crippen LogP contribution in [0.25, 0.3) is 5.76 Å². The number of fused-ring (bicyclic) bond motifs is 3. The molecule has 0 heterocycles. The molecule has 0 radical (unpaired) electrons. The zero-order valence-corrected chi connectivity index (χ0v) is 23.4. The number of likely N-dealkylation sites (N-methyl/N-ethyl adjacent to an activating group) is 1. The minimum absolute atomic E-state index is 0.00733. The summed E-state index contributed by atoms with van der Waals surface area (Å²) in [6, 6.07) is 0.610. The zero-order chi connectivity index (χ0) is 29.8. The molecule has 8 N–H and O–H groups in total. The number of nitrogens with zero attached hydrogens (tertiary/aromatic N) is 2. The number of rotatable bonds is 8. The summed E-state index contributed by atoms with van der Waals surface area (Å²) in [5, 5.41) is 58.0. The average Bonchev–Trinajstić information content (AvgIpc) is 2.85. The predicted octanol–water partition coefficient (Wildman–Crippen LogP) is -0.109. The largest absolute Gasteiger partial charge is 0.508 e. The normalized spacial score (nSPS) is 26.9. The summed E-state index contributed by atoms with van der Waals surface area (Å²) in [5.74, 6) is -6.75. The number of aliphatic hydroxyl groups excluding tert-OH is 3. The molecule has 1 saturated carbocycles.